The van der Waals surface area contributed by atoms with Crippen molar-refractivity contribution in [1.82, 2.24) is 0 Å². The van der Waals surface area contributed by atoms with Gasteiger partial charge in [-0.1, -0.05) is 33.6 Å². The summed E-state index contributed by atoms with van der Waals surface area (Å²) in [4.78, 5) is 0. The highest BCUT2D eigenvalue weighted by Gasteiger charge is 1.97. The fraction of sp³-hybridized carbons (Fsp3) is 1.00. The van der Waals surface area contributed by atoms with Crippen LogP contribution in [0.3, 0.4) is 0 Å². The summed E-state index contributed by atoms with van der Waals surface area (Å²) < 4.78 is 11.0. The Bertz CT molecular complexity index is 115. The number of ether oxygens (including phenoxy) is 2. The molecule has 0 aliphatic heterocycles. The van der Waals surface area contributed by atoms with Gasteiger partial charge in [0, 0.05) is 26.4 Å². The van der Waals surface area contributed by atoms with Crippen LogP contribution in [-0.2, 0) is 9.47 Å². The second kappa shape index (κ2) is 12.0. The molecule has 0 aromatic carbocycles. The summed E-state index contributed by atoms with van der Waals surface area (Å²) in [6, 6.07) is 0. The van der Waals surface area contributed by atoms with Crippen LogP contribution >= 0.6 is 0 Å². The molecule has 0 N–H and O–H groups in total. The lowest BCUT2D eigenvalue weighted by molar-refractivity contribution is 0.0853. The molecule has 0 aromatic rings. The number of unbranched alkanes of at least 4 members (excludes halogenated alkanes) is 2. The maximum atomic E-state index is 5.56. The van der Waals surface area contributed by atoms with E-state index in [4.69, 9.17) is 9.47 Å². The minimum absolute atomic E-state index is 0.700. The van der Waals surface area contributed by atoms with Gasteiger partial charge in [0.2, 0.25) is 0 Å². The molecule has 0 heterocycles. The van der Waals surface area contributed by atoms with E-state index in [-0.39, 0.29) is 0 Å². The van der Waals surface area contributed by atoms with E-state index in [9.17, 15) is 0 Å². The summed E-state index contributed by atoms with van der Waals surface area (Å²) in [6.07, 6.45) is 5.87. The average Bonchev–Trinajstić information content (AvgIpc) is 2.26. The fourth-order valence-corrected chi connectivity index (χ4v) is 1.16. The Labute approximate surface area is 95.3 Å². The van der Waals surface area contributed by atoms with E-state index in [2.05, 4.69) is 20.8 Å². The zero-order valence-corrected chi connectivity index (χ0v) is 10.8. The third kappa shape index (κ3) is 11.8. The second-order valence-electron chi connectivity index (χ2n) is 4.26. The van der Waals surface area contributed by atoms with Gasteiger partial charge < -0.3 is 9.47 Å². The van der Waals surface area contributed by atoms with E-state index in [1.54, 1.807) is 0 Å². The molecule has 0 rings (SSSR count). The molecule has 92 valence electrons. The van der Waals surface area contributed by atoms with E-state index in [1.165, 1.54) is 19.3 Å². The van der Waals surface area contributed by atoms with Gasteiger partial charge in [-0.25, -0.2) is 0 Å². The molecule has 0 aliphatic carbocycles. The molecule has 0 radical (unpaired) electrons. The van der Waals surface area contributed by atoms with Gasteiger partial charge >= 0.3 is 0 Å². The molecule has 0 amide bonds. The fourth-order valence-electron chi connectivity index (χ4n) is 1.16. The van der Waals surface area contributed by atoms with Crippen molar-refractivity contribution in [3.05, 3.63) is 0 Å². The molecule has 0 spiro atoms. The van der Waals surface area contributed by atoms with Gasteiger partial charge in [0.15, 0.2) is 0 Å². The lowest BCUT2D eigenvalue weighted by Crippen LogP contribution is -2.06. The smallest absolute Gasteiger partial charge is 0.0491 e. The van der Waals surface area contributed by atoms with Crippen LogP contribution in [0.1, 0.15) is 52.9 Å². The SMILES string of the molecule is CCCCOCCCCOCC(C)CC. The first-order valence-electron chi connectivity index (χ1n) is 6.46. The molecular weight excluding hydrogens is 188 g/mol. The first kappa shape index (κ1) is 14.9. The predicted octanol–water partition coefficient (Wildman–Crippen LogP) is 3.65. The third-order valence-electron chi connectivity index (χ3n) is 2.57. The van der Waals surface area contributed by atoms with Crippen molar-refractivity contribution in [2.75, 3.05) is 26.4 Å². The number of rotatable bonds is 11. The Morgan fingerprint density at radius 1 is 0.867 bits per heavy atom. The van der Waals surface area contributed by atoms with Crippen molar-refractivity contribution in [2.24, 2.45) is 5.92 Å². The predicted molar refractivity (Wildman–Crippen MR) is 65.2 cm³/mol. The summed E-state index contributed by atoms with van der Waals surface area (Å²) in [6.45, 7) is 10.2. The van der Waals surface area contributed by atoms with Crippen molar-refractivity contribution in [1.29, 1.82) is 0 Å². The molecule has 0 aliphatic rings. The Hall–Kier alpha value is -0.0800. The van der Waals surface area contributed by atoms with E-state index in [0.29, 0.717) is 5.92 Å². The van der Waals surface area contributed by atoms with Gasteiger partial charge in [0.1, 0.15) is 0 Å². The zero-order chi connectivity index (χ0) is 11.4. The number of hydrogen-bond donors (Lipinski definition) is 0. The van der Waals surface area contributed by atoms with Gasteiger partial charge in [-0.15, -0.1) is 0 Å². The highest BCUT2D eigenvalue weighted by atomic mass is 16.5. The van der Waals surface area contributed by atoms with E-state index >= 15 is 0 Å². The van der Waals surface area contributed by atoms with E-state index in [0.717, 1.165) is 39.3 Å². The molecule has 0 aromatic heterocycles. The lowest BCUT2D eigenvalue weighted by Gasteiger charge is -2.09. The first-order chi connectivity index (χ1) is 7.31. The van der Waals surface area contributed by atoms with Gasteiger partial charge in [-0.2, -0.15) is 0 Å². The highest BCUT2D eigenvalue weighted by Crippen LogP contribution is 2.01. The Morgan fingerprint density at radius 3 is 2.07 bits per heavy atom. The quantitative estimate of drug-likeness (QED) is 0.491. The van der Waals surface area contributed by atoms with Crippen LogP contribution in [0.4, 0.5) is 0 Å². The summed E-state index contributed by atoms with van der Waals surface area (Å²) >= 11 is 0. The van der Waals surface area contributed by atoms with Crippen molar-refractivity contribution in [3.63, 3.8) is 0 Å². The van der Waals surface area contributed by atoms with Gasteiger partial charge in [0.05, 0.1) is 0 Å². The van der Waals surface area contributed by atoms with Crippen molar-refractivity contribution in [2.45, 2.75) is 52.9 Å². The van der Waals surface area contributed by atoms with E-state index < -0.39 is 0 Å². The molecule has 0 saturated heterocycles. The van der Waals surface area contributed by atoms with Gasteiger partial charge in [-0.05, 0) is 25.2 Å². The summed E-state index contributed by atoms with van der Waals surface area (Å²) in [7, 11) is 0. The molecule has 1 unspecified atom stereocenters. The largest absolute Gasteiger partial charge is 0.381 e. The molecule has 2 heteroatoms. The highest BCUT2D eigenvalue weighted by molar-refractivity contribution is 4.46. The molecule has 15 heavy (non-hydrogen) atoms. The Balaban J connectivity index is 2.92. The maximum Gasteiger partial charge on any atom is 0.0491 e. The molecule has 1 atom stereocenters. The Kier molecular flexibility index (Phi) is 11.9. The van der Waals surface area contributed by atoms with Crippen LogP contribution < -0.4 is 0 Å². The summed E-state index contributed by atoms with van der Waals surface area (Å²) in [5, 5.41) is 0. The van der Waals surface area contributed by atoms with Crippen molar-refractivity contribution >= 4 is 0 Å². The lowest BCUT2D eigenvalue weighted by atomic mass is 10.1. The zero-order valence-electron chi connectivity index (χ0n) is 10.8. The third-order valence-corrected chi connectivity index (χ3v) is 2.57. The minimum Gasteiger partial charge on any atom is -0.381 e. The van der Waals surface area contributed by atoms with Gasteiger partial charge in [-0.3, -0.25) is 0 Å². The molecule has 2 nitrogen and oxygen atoms in total. The molecule has 0 saturated carbocycles. The topological polar surface area (TPSA) is 18.5 Å². The van der Waals surface area contributed by atoms with Crippen LogP contribution in [0.5, 0.6) is 0 Å². The molecular formula is C13H28O2. The normalized spacial score (nSPS) is 13.0. The standard InChI is InChI=1S/C13H28O2/c1-4-6-9-14-10-7-8-11-15-12-13(3)5-2/h13H,4-12H2,1-3H3. The van der Waals surface area contributed by atoms with Crippen LogP contribution in [0.25, 0.3) is 0 Å². The Morgan fingerprint density at radius 2 is 1.47 bits per heavy atom. The second-order valence-corrected chi connectivity index (χ2v) is 4.26. The number of hydrogen-bond acceptors (Lipinski definition) is 2. The first-order valence-corrected chi connectivity index (χ1v) is 6.46. The van der Waals surface area contributed by atoms with Crippen LogP contribution in [0.15, 0.2) is 0 Å². The molecule has 0 fully saturated rings. The average molecular weight is 216 g/mol. The van der Waals surface area contributed by atoms with Crippen molar-refractivity contribution < 1.29 is 9.47 Å². The minimum atomic E-state index is 0.700. The van der Waals surface area contributed by atoms with Crippen LogP contribution in [0.2, 0.25) is 0 Å². The van der Waals surface area contributed by atoms with E-state index in [1.807, 2.05) is 0 Å². The maximum absolute atomic E-state index is 5.56. The van der Waals surface area contributed by atoms with Crippen LogP contribution in [-0.4, -0.2) is 26.4 Å². The molecule has 0 bridgehead atoms. The monoisotopic (exact) mass is 216 g/mol. The van der Waals surface area contributed by atoms with Crippen molar-refractivity contribution in [3.8, 4) is 0 Å². The van der Waals surface area contributed by atoms with Crippen LogP contribution in [0, 0.1) is 5.92 Å². The van der Waals surface area contributed by atoms with Gasteiger partial charge in [0.25, 0.3) is 0 Å². The summed E-state index contributed by atoms with van der Waals surface area (Å²) in [5.41, 5.74) is 0. The summed E-state index contributed by atoms with van der Waals surface area (Å²) in [5.74, 6) is 0.700.